The molecule has 0 aliphatic heterocycles. The number of hydrogen-bond donors (Lipinski definition) is 1. The highest BCUT2D eigenvalue weighted by molar-refractivity contribution is 6.31. The van der Waals surface area contributed by atoms with Gasteiger partial charge in [0.1, 0.15) is 0 Å². The first-order valence-corrected chi connectivity index (χ1v) is 5.88. The molecule has 0 spiro atoms. The third-order valence-corrected chi connectivity index (χ3v) is 3.32. The van der Waals surface area contributed by atoms with Gasteiger partial charge in [0, 0.05) is 13.5 Å². The minimum absolute atomic E-state index is 0.472. The molecule has 1 N–H and O–H groups in total. The van der Waals surface area contributed by atoms with Crippen molar-refractivity contribution in [2.24, 2.45) is 7.05 Å². The quantitative estimate of drug-likeness (QED) is 0.910. The van der Waals surface area contributed by atoms with E-state index in [0.717, 1.165) is 17.0 Å². The zero-order valence-electron chi connectivity index (χ0n) is 9.89. The Hall–Kier alpha value is -1.32. The molecule has 1 heterocycles. The summed E-state index contributed by atoms with van der Waals surface area (Å²) in [5, 5.41) is 15.0. The molecule has 0 saturated heterocycles. The maximum atomic E-state index is 10.1. The van der Waals surface area contributed by atoms with E-state index in [0.29, 0.717) is 11.4 Å². The van der Waals surface area contributed by atoms with E-state index in [-0.39, 0.29) is 0 Å². The fourth-order valence-corrected chi connectivity index (χ4v) is 2.12. The minimum Gasteiger partial charge on any atom is -0.388 e. The van der Waals surface area contributed by atoms with Gasteiger partial charge in [-0.3, -0.25) is 4.68 Å². The Morgan fingerprint density at radius 3 is 2.53 bits per heavy atom. The van der Waals surface area contributed by atoms with Crippen molar-refractivity contribution in [3.8, 4) is 0 Å². The lowest BCUT2D eigenvalue weighted by Crippen LogP contribution is -2.06. The van der Waals surface area contributed by atoms with Crippen molar-refractivity contribution in [2.45, 2.75) is 19.4 Å². The van der Waals surface area contributed by atoms with Crippen molar-refractivity contribution in [3.05, 3.63) is 52.3 Å². The van der Waals surface area contributed by atoms with Crippen molar-refractivity contribution in [1.82, 2.24) is 9.78 Å². The van der Waals surface area contributed by atoms with E-state index in [4.69, 9.17) is 11.6 Å². The molecule has 0 fully saturated rings. The molecule has 0 saturated carbocycles. The largest absolute Gasteiger partial charge is 0.388 e. The molecule has 17 heavy (non-hydrogen) atoms. The van der Waals surface area contributed by atoms with Crippen molar-refractivity contribution in [1.29, 1.82) is 0 Å². The smallest absolute Gasteiger partial charge is 0.0848 e. The zero-order valence-corrected chi connectivity index (χ0v) is 10.6. The average molecular weight is 251 g/mol. The second-order valence-electron chi connectivity index (χ2n) is 4.10. The van der Waals surface area contributed by atoms with Crippen molar-refractivity contribution in [2.75, 3.05) is 0 Å². The molecule has 0 radical (unpaired) electrons. The molecule has 1 aromatic carbocycles. The van der Waals surface area contributed by atoms with Gasteiger partial charge in [0.05, 0.1) is 22.5 Å². The summed E-state index contributed by atoms with van der Waals surface area (Å²) in [6.07, 6.45) is -0.0799. The van der Waals surface area contributed by atoms with Gasteiger partial charge in [0.2, 0.25) is 0 Å². The topological polar surface area (TPSA) is 38.0 Å². The van der Waals surface area contributed by atoms with Crippen molar-refractivity contribution >= 4 is 11.6 Å². The molecule has 2 aromatic rings. The molecular weight excluding hydrogens is 236 g/mol. The molecule has 4 heteroatoms. The van der Waals surface area contributed by atoms with Gasteiger partial charge >= 0.3 is 0 Å². The predicted octanol–water partition coefficient (Wildman–Crippen LogP) is 2.66. The van der Waals surface area contributed by atoms with Gasteiger partial charge < -0.3 is 5.11 Å². The SMILES string of the molecule is Cc1nn(C)c(CC(O)c2ccccc2)c1Cl. The van der Waals surface area contributed by atoms with Gasteiger partial charge in [-0.05, 0) is 12.5 Å². The monoisotopic (exact) mass is 250 g/mol. The van der Waals surface area contributed by atoms with Gasteiger partial charge in [0.15, 0.2) is 0 Å². The number of benzene rings is 1. The summed E-state index contributed by atoms with van der Waals surface area (Å²) < 4.78 is 1.73. The summed E-state index contributed by atoms with van der Waals surface area (Å²) in [6.45, 7) is 1.86. The van der Waals surface area contributed by atoms with E-state index in [9.17, 15) is 5.11 Å². The molecule has 0 aliphatic rings. The second kappa shape index (κ2) is 4.90. The molecule has 90 valence electrons. The predicted molar refractivity (Wildman–Crippen MR) is 68.1 cm³/mol. The second-order valence-corrected chi connectivity index (χ2v) is 4.48. The molecule has 0 bridgehead atoms. The number of nitrogens with zero attached hydrogens (tertiary/aromatic N) is 2. The Kier molecular flexibility index (Phi) is 3.50. The van der Waals surface area contributed by atoms with Crippen LogP contribution in [0.1, 0.15) is 23.1 Å². The fourth-order valence-electron chi connectivity index (χ4n) is 1.88. The third-order valence-electron chi connectivity index (χ3n) is 2.83. The lowest BCUT2D eigenvalue weighted by molar-refractivity contribution is 0.176. The Bertz CT molecular complexity index is 508. The van der Waals surface area contributed by atoms with Crippen LogP contribution < -0.4 is 0 Å². The van der Waals surface area contributed by atoms with Crippen LogP contribution in [0, 0.1) is 6.92 Å². The average Bonchev–Trinajstić information content (AvgIpc) is 2.57. The van der Waals surface area contributed by atoms with Gasteiger partial charge in [-0.25, -0.2) is 0 Å². The Balaban J connectivity index is 2.22. The lowest BCUT2D eigenvalue weighted by atomic mass is 10.0. The summed E-state index contributed by atoms with van der Waals surface area (Å²) in [7, 11) is 1.84. The number of aliphatic hydroxyl groups is 1. The Labute approximate surface area is 106 Å². The molecule has 3 nitrogen and oxygen atoms in total. The molecule has 1 atom stereocenters. The lowest BCUT2D eigenvalue weighted by Gasteiger charge is -2.11. The number of aryl methyl sites for hydroxylation is 2. The number of hydrogen-bond acceptors (Lipinski definition) is 2. The fraction of sp³-hybridized carbons (Fsp3) is 0.308. The summed E-state index contributed by atoms with van der Waals surface area (Å²) >= 11 is 6.15. The summed E-state index contributed by atoms with van der Waals surface area (Å²) in [5.41, 5.74) is 2.55. The molecular formula is C13H15ClN2O. The maximum Gasteiger partial charge on any atom is 0.0848 e. The maximum absolute atomic E-state index is 10.1. The zero-order chi connectivity index (χ0) is 12.4. The molecule has 0 amide bonds. The van der Waals surface area contributed by atoms with E-state index >= 15 is 0 Å². The Morgan fingerprint density at radius 2 is 2.00 bits per heavy atom. The van der Waals surface area contributed by atoms with E-state index < -0.39 is 6.10 Å². The van der Waals surface area contributed by atoms with Crippen LogP contribution in [-0.4, -0.2) is 14.9 Å². The first-order valence-electron chi connectivity index (χ1n) is 5.50. The van der Waals surface area contributed by atoms with Crippen LogP contribution in [0.2, 0.25) is 5.02 Å². The summed E-state index contributed by atoms with van der Waals surface area (Å²) in [6, 6.07) is 9.56. The molecule has 1 aromatic heterocycles. The molecule has 2 rings (SSSR count). The van der Waals surface area contributed by atoms with Crippen LogP contribution in [0.4, 0.5) is 0 Å². The highest BCUT2D eigenvalue weighted by Gasteiger charge is 2.16. The number of aromatic nitrogens is 2. The standard InChI is InChI=1S/C13H15ClN2O/c1-9-13(14)11(16(2)15-9)8-12(17)10-6-4-3-5-7-10/h3-7,12,17H,8H2,1-2H3. The summed E-state index contributed by atoms with van der Waals surface area (Å²) in [5.74, 6) is 0. The van der Waals surface area contributed by atoms with Crippen molar-refractivity contribution < 1.29 is 5.11 Å². The van der Waals surface area contributed by atoms with Crippen molar-refractivity contribution in [3.63, 3.8) is 0 Å². The summed E-state index contributed by atoms with van der Waals surface area (Å²) in [4.78, 5) is 0. The van der Waals surface area contributed by atoms with Crippen LogP contribution in [0.3, 0.4) is 0 Å². The highest BCUT2D eigenvalue weighted by atomic mass is 35.5. The molecule has 0 aliphatic carbocycles. The molecule has 1 unspecified atom stereocenters. The van der Waals surface area contributed by atoms with Gasteiger partial charge in [-0.1, -0.05) is 41.9 Å². The minimum atomic E-state index is -0.552. The van der Waals surface area contributed by atoms with Crippen LogP contribution in [0.5, 0.6) is 0 Å². The first kappa shape index (κ1) is 12.1. The number of aliphatic hydroxyl groups excluding tert-OH is 1. The Morgan fingerprint density at radius 1 is 1.35 bits per heavy atom. The van der Waals surface area contributed by atoms with Gasteiger partial charge in [0.25, 0.3) is 0 Å². The van der Waals surface area contributed by atoms with Crippen LogP contribution >= 0.6 is 11.6 Å². The van der Waals surface area contributed by atoms with Gasteiger partial charge in [-0.2, -0.15) is 5.10 Å². The van der Waals surface area contributed by atoms with E-state index in [1.165, 1.54) is 0 Å². The first-order chi connectivity index (χ1) is 8.09. The highest BCUT2D eigenvalue weighted by Crippen LogP contribution is 2.25. The number of halogens is 1. The van der Waals surface area contributed by atoms with Gasteiger partial charge in [-0.15, -0.1) is 0 Å². The van der Waals surface area contributed by atoms with E-state index in [2.05, 4.69) is 5.10 Å². The van der Waals surface area contributed by atoms with E-state index in [1.807, 2.05) is 44.3 Å². The van der Waals surface area contributed by atoms with Crippen LogP contribution in [-0.2, 0) is 13.5 Å². The third kappa shape index (κ3) is 2.51. The number of rotatable bonds is 3. The van der Waals surface area contributed by atoms with Crippen LogP contribution in [0.25, 0.3) is 0 Å². The van der Waals surface area contributed by atoms with E-state index in [1.54, 1.807) is 4.68 Å². The normalized spacial score (nSPS) is 12.7. The van der Waals surface area contributed by atoms with Crippen LogP contribution in [0.15, 0.2) is 30.3 Å².